The third-order valence-corrected chi connectivity index (χ3v) is 6.42. The molecule has 35 heavy (non-hydrogen) atoms. The zero-order chi connectivity index (χ0) is 24.4. The highest BCUT2D eigenvalue weighted by atomic mass is 32.2. The molecule has 0 spiro atoms. The summed E-state index contributed by atoms with van der Waals surface area (Å²) >= 11 is 0. The molecule has 0 saturated heterocycles. The van der Waals surface area contributed by atoms with Crippen molar-refractivity contribution in [2.75, 3.05) is 4.72 Å². The third kappa shape index (κ3) is 4.58. The molecule has 3 aromatic heterocycles. The van der Waals surface area contributed by atoms with Crippen LogP contribution in [0.2, 0.25) is 0 Å². The van der Waals surface area contributed by atoms with E-state index in [1.165, 1.54) is 18.5 Å². The maximum absolute atomic E-state index is 15.1. The maximum Gasteiger partial charge on any atom is 0.263 e. The fraction of sp³-hybridized carbons (Fsp3) is 0. The average Bonchev–Trinajstić information content (AvgIpc) is 3.34. The van der Waals surface area contributed by atoms with Crippen molar-refractivity contribution in [2.45, 2.75) is 4.90 Å². The number of benzene rings is 2. The fourth-order valence-corrected chi connectivity index (χ4v) is 4.39. The van der Waals surface area contributed by atoms with Crippen LogP contribution in [0.25, 0.3) is 22.2 Å². The molecular formula is C25H15F2N5O2S. The SMILES string of the molecule is O=S(=O)(Nc1ccc(F)c(C#Cc2cnc3[nH]ncc3c2)c1F)c1cncc(-c2ccccc2)c1. The third-order valence-electron chi connectivity index (χ3n) is 5.09. The van der Waals surface area contributed by atoms with Gasteiger partial charge in [0.25, 0.3) is 10.0 Å². The minimum atomic E-state index is -4.22. The van der Waals surface area contributed by atoms with Crippen molar-refractivity contribution < 1.29 is 17.2 Å². The van der Waals surface area contributed by atoms with Crippen molar-refractivity contribution >= 4 is 26.7 Å². The first-order valence-electron chi connectivity index (χ1n) is 10.2. The highest BCUT2D eigenvalue weighted by Gasteiger charge is 2.20. The molecule has 7 nitrogen and oxygen atoms in total. The largest absolute Gasteiger partial charge is 0.277 e. The standard InChI is InChI=1S/C25H15F2N5O2S/c26-22-8-9-23(24(27)21(22)7-6-16-10-19-14-30-31-25(19)29-12-16)32-35(33,34)20-11-18(13-28-15-20)17-4-2-1-3-5-17/h1-5,8-15,32H,(H,29,30,31). The van der Waals surface area contributed by atoms with Crippen molar-refractivity contribution in [1.82, 2.24) is 20.2 Å². The molecule has 5 rings (SSSR count). The molecule has 2 aromatic carbocycles. The molecule has 0 unspecified atom stereocenters. The highest BCUT2D eigenvalue weighted by molar-refractivity contribution is 7.92. The predicted molar refractivity (Wildman–Crippen MR) is 127 cm³/mol. The zero-order valence-electron chi connectivity index (χ0n) is 17.8. The van der Waals surface area contributed by atoms with Gasteiger partial charge in [-0.2, -0.15) is 5.10 Å². The van der Waals surface area contributed by atoms with Gasteiger partial charge in [0.1, 0.15) is 10.7 Å². The van der Waals surface area contributed by atoms with Crippen LogP contribution in [-0.4, -0.2) is 28.6 Å². The lowest BCUT2D eigenvalue weighted by Crippen LogP contribution is -2.15. The Morgan fingerprint density at radius 2 is 1.71 bits per heavy atom. The highest BCUT2D eigenvalue weighted by Crippen LogP contribution is 2.26. The number of hydrogen-bond acceptors (Lipinski definition) is 5. The van der Waals surface area contributed by atoms with E-state index in [-0.39, 0.29) is 4.90 Å². The summed E-state index contributed by atoms with van der Waals surface area (Å²) in [7, 11) is -4.22. The van der Waals surface area contributed by atoms with Crippen molar-refractivity contribution in [3.8, 4) is 23.0 Å². The molecule has 2 N–H and O–H groups in total. The number of nitrogens with one attached hydrogen (secondary N) is 2. The van der Waals surface area contributed by atoms with Gasteiger partial charge in [0.15, 0.2) is 11.5 Å². The number of anilines is 1. The van der Waals surface area contributed by atoms with E-state index < -0.39 is 32.9 Å². The van der Waals surface area contributed by atoms with E-state index in [0.29, 0.717) is 22.2 Å². The number of fused-ring (bicyclic) bond motifs is 1. The molecule has 0 saturated carbocycles. The van der Waals surface area contributed by atoms with E-state index in [1.54, 1.807) is 12.3 Å². The number of aromatic amines is 1. The smallest absolute Gasteiger partial charge is 0.263 e. The number of nitrogens with zero attached hydrogens (tertiary/aromatic N) is 3. The van der Waals surface area contributed by atoms with Gasteiger partial charge in [-0.1, -0.05) is 42.2 Å². The van der Waals surface area contributed by atoms with E-state index in [2.05, 4.69) is 36.7 Å². The van der Waals surface area contributed by atoms with Crippen LogP contribution in [-0.2, 0) is 10.0 Å². The van der Waals surface area contributed by atoms with Crippen LogP contribution in [0, 0.1) is 23.5 Å². The number of hydrogen-bond donors (Lipinski definition) is 2. The summed E-state index contributed by atoms with van der Waals surface area (Å²) in [4.78, 5) is 7.95. The first-order chi connectivity index (χ1) is 16.9. The number of halogens is 2. The van der Waals surface area contributed by atoms with Crippen LogP contribution in [0.15, 0.2) is 84.3 Å². The van der Waals surface area contributed by atoms with Gasteiger partial charge in [-0.15, -0.1) is 0 Å². The fourth-order valence-electron chi connectivity index (χ4n) is 3.34. The number of aromatic nitrogens is 4. The molecule has 0 amide bonds. The second kappa shape index (κ2) is 8.96. The summed E-state index contributed by atoms with van der Waals surface area (Å²) in [6.07, 6.45) is 5.65. The molecule has 0 bridgehead atoms. The summed E-state index contributed by atoms with van der Waals surface area (Å²) in [5.41, 5.74) is 1.29. The molecule has 10 heteroatoms. The number of sulfonamides is 1. The summed E-state index contributed by atoms with van der Waals surface area (Å²) < 4.78 is 57.5. The molecule has 0 aliphatic carbocycles. The minimum absolute atomic E-state index is 0.172. The Balaban J connectivity index is 1.46. The van der Waals surface area contributed by atoms with Crippen LogP contribution in [0.5, 0.6) is 0 Å². The first-order valence-corrected chi connectivity index (χ1v) is 11.7. The van der Waals surface area contributed by atoms with Crippen LogP contribution in [0.3, 0.4) is 0 Å². The minimum Gasteiger partial charge on any atom is -0.277 e. The predicted octanol–water partition coefficient (Wildman–Crippen LogP) is 4.50. The van der Waals surface area contributed by atoms with Gasteiger partial charge in [0.2, 0.25) is 0 Å². The van der Waals surface area contributed by atoms with E-state index in [1.807, 2.05) is 30.3 Å². The molecule has 0 fully saturated rings. The molecule has 3 heterocycles. The Labute approximate surface area is 198 Å². The summed E-state index contributed by atoms with van der Waals surface area (Å²) in [6.45, 7) is 0. The van der Waals surface area contributed by atoms with Gasteiger partial charge in [0.05, 0.1) is 17.4 Å². The van der Waals surface area contributed by atoms with Crippen LogP contribution in [0.4, 0.5) is 14.5 Å². The van der Waals surface area contributed by atoms with Crippen LogP contribution >= 0.6 is 0 Å². The van der Waals surface area contributed by atoms with Gasteiger partial charge >= 0.3 is 0 Å². The number of H-pyrrole nitrogens is 1. The van der Waals surface area contributed by atoms with Crippen LogP contribution < -0.4 is 4.72 Å². The van der Waals surface area contributed by atoms with Gasteiger partial charge in [0, 0.05) is 35.1 Å². The van der Waals surface area contributed by atoms with Crippen molar-refractivity contribution in [3.63, 3.8) is 0 Å². The molecule has 0 aliphatic rings. The summed E-state index contributed by atoms with van der Waals surface area (Å²) in [5.74, 6) is 3.02. The Morgan fingerprint density at radius 3 is 2.54 bits per heavy atom. The Hall–Kier alpha value is -4.62. The lowest BCUT2D eigenvalue weighted by Gasteiger charge is -2.11. The number of pyridine rings is 2. The molecule has 5 aromatic rings. The van der Waals surface area contributed by atoms with Crippen molar-refractivity contribution in [2.24, 2.45) is 0 Å². The van der Waals surface area contributed by atoms with Crippen LogP contribution in [0.1, 0.15) is 11.1 Å². The van der Waals surface area contributed by atoms with E-state index in [4.69, 9.17) is 0 Å². The van der Waals surface area contributed by atoms with Gasteiger partial charge in [-0.3, -0.25) is 14.8 Å². The zero-order valence-corrected chi connectivity index (χ0v) is 18.6. The molecule has 0 aliphatic heterocycles. The maximum atomic E-state index is 15.1. The summed E-state index contributed by atoms with van der Waals surface area (Å²) in [6, 6.07) is 14.1. The lowest BCUT2D eigenvalue weighted by molar-refractivity contribution is 0.578. The van der Waals surface area contributed by atoms with Gasteiger partial charge in [-0.25, -0.2) is 22.2 Å². The topological polar surface area (TPSA) is 101 Å². The second-order valence-electron chi connectivity index (χ2n) is 7.45. The monoisotopic (exact) mass is 487 g/mol. The first kappa shape index (κ1) is 22.2. The van der Waals surface area contributed by atoms with Crippen molar-refractivity contribution in [3.05, 3.63) is 102 Å². The Kier molecular flexibility index (Phi) is 5.68. The van der Waals surface area contributed by atoms with E-state index >= 15 is 4.39 Å². The summed E-state index contributed by atoms with van der Waals surface area (Å²) in [5, 5.41) is 7.24. The van der Waals surface area contributed by atoms with Crippen molar-refractivity contribution in [1.29, 1.82) is 0 Å². The molecular weight excluding hydrogens is 472 g/mol. The molecule has 172 valence electrons. The van der Waals surface area contributed by atoms with Gasteiger partial charge in [-0.05, 0) is 29.8 Å². The van der Waals surface area contributed by atoms with Gasteiger partial charge < -0.3 is 0 Å². The van der Waals surface area contributed by atoms with E-state index in [0.717, 1.165) is 23.9 Å². The quantitative estimate of drug-likeness (QED) is 0.364. The second-order valence-corrected chi connectivity index (χ2v) is 9.13. The normalized spacial score (nSPS) is 11.1. The molecule has 0 atom stereocenters. The van der Waals surface area contributed by atoms with E-state index in [9.17, 15) is 12.8 Å². The Bertz CT molecular complexity index is 1730. The lowest BCUT2D eigenvalue weighted by atomic mass is 10.1. The number of rotatable bonds is 4. The average molecular weight is 487 g/mol. The Morgan fingerprint density at radius 1 is 0.886 bits per heavy atom. The molecule has 0 radical (unpaired) electrons.